The van der Waals surface area contributed by atoms with Crippen molar-refractivity contribution in [3.8, 4) is 0 Å². The predicted molar refractivity (Wildman–Crippen MR) is 117 cm³/mol. The van der Waals surface area contributed by atoms with Crippen molar-refractivity contribution in [1.29, 1.82) is 0 Å². The molecule has 0 aliphatic heterocycles. The Hall–Kier alpha value is -3.01. The maximum atomic E-state index is 12.4. The highest BCUT2D eigenvalue weighted by molar-refractivity contribution is 7.71. The fourth-order valence-electron chi connectivity index (χ4n) is 2.79. The van der Waals surface area contributed by atoms with Gasteiger partial charge in [0, 0.05) is 22.2 Å². The first-order valence-electron chi connectivity index (χ1n) is 8.78. The van der Waals surface area contributed by atoms with E-state index in [0.717, 1.165) is 5.56 Å². The fraction of sp³-hybridized carbons (Fsp3) is 0.105. The van der Waals surface area contributed by atoms with Crippen LogP contribution in [0.25, 0.3) is 5.78 Å². The molecular weight excluding hydrogens is 447 g/mol. The Bertz CT molecular complexity index is 1340. The summed E-state index contributed by atoms with van der Waals surface area (Å²) in [6, 6.07) is 13.8. The van der Waals surface area contributed by atoms with Crippen molar-refractivity contribution >= 4 is 52.8 Å². The number of halogens is 2. The molecule has 8 nitrogen and oxygen atoms in total. The standard InChI is InChI=1S/C19H14Cl2N6O2S/c20-12-3-1-11(2-4-12)9-15-17(29)23-18-25-26(19(30)27(18)24-15)10-16(28)22-14-7-5-13(21)6-8-14/h1-8H,9-10H2,(H,22,28)(H,23,25,29). The highest BCUT2D eigenvalue weighted by Crippen LogP contribution is 2.14. The molecular formula is C19H14Cl2N6O2S. The average molecular weight is 461 g/mol. The van der Waals surface area contributed by atoms with Gasteiger partial charge in [-0.3, -0.25) is 14.6 Å². The first kappa shape index (κ1) is 20.3. The molecule has 0 saturated carbocycles. The van der Waals surface area contributed by atoms with Gasteiger partial charge in [-0.15, -0.1) is 5.10 Å². The molecule has 0 saturated heterocycles. The Balaban J connectivity index is 1.58. The quantitative estimate of drug-likeness (QED) is 0.444. The molecule has 4 rings (SSSR count). The van der Waals surface area contributed by atoms with E-state index in [1.54, 1.807) is 36.4 Å². The van der Waals surface area contributed by atoms with Gasteiger partial charge < -0.3 is 5.32 Å². The Morgan fingerprint density at radius 2 is 1.67 bits per heavy atom. The lowest BCUT2D eigenvalue weighted by Gasteiger charge is -2.04. The van der Waals surface area contributed by atoms with Crippen LogP contribution >= 0.6 is 35.4 Å². The highest BCUT2D eigenvalue weighted by atomic mass is 35.5. The number of rotatable bonds is 5. The Morgan fingerprint density at radius 1 is 1.03 bits per heavy atom. The average Bonchev–Trinajstić information content (AvgIpc) is 3.00. The monoisotopic (exact) mass is 460 g/mol. The van der Waals surface area contributed by atoms with Crippen LogP contribution < -0.4 is 10.9 Å². The molecule has 0 unspecified atom stereocenters. The van der Waals surface area contributed by atoms with E-state index in [1.165, 1.54) is 9.20 Å². The van der Waals surface area contributed by atoms with Gasteiger partial charge in [0.25, 0.3) is 11.3 Å². The minimum Gasteiger partial charge on any atom is -0.324 e. The number of carbonyl (C=O) groups is 1. The number of fused-ring (bicyclic) bond motifs is 1. The SMILES string of the molecule is O=C(Cn1nc2[nH]c(=O)c(Cc3ccc(Cl)cc3)nn2c1=S)Nc1ccc(Cl)cc1. The summed E-state index contributed by atoms with van der Waals surface area (Å²) < 4.78 is 2.81. The number of aromatic nitrogens is 5. The lowest BCUT2D eigenvalue weighted by Crippen LogP contribution is -2.19. The number of amides is 1. The van der Waals surface area contributed by atoms with Crippen molar-refractivity contribution < 1.29 is 4.79 Å². The van der Waals surface area contributed by atoms with Crippen molar-refractivity contribution in [2.45, 2.75) is 13.0 Å². The van der Waals surface area contributed by atoms with E-state index in [1.807, 2.05) is 12.1 Å². The first-order chi connectivity index (χ1) is 14.4. The summed E-state index contributed by atoms with van der Waals surface area (Å²) in [4.78, 5) is 27.4. The Morgan fingerprint density at radius 3 is 2.33 bits per heavy atom. The number of hydrogen-bond acceptors (Lipinski definition) is 5. The first-order valence-corrected chi connectivity index (χ1v) is 9.94. The van der Waals surface area contributed by atoms with Crippen LogP contribution in [0.15, 0.2) is 53.3 Å². The summed E-state index contributed by atoms with van der Waals surface area (Å²) in [5, 5.41) is 12.4. The third kappa shape index (κ3) is 4.43. The largest absolute Gasteiger partial charge is 0.324 e. The molecule has 11 heteroatoms. The van der Waals surface area contributed by atoms with Crippen LogP contribution in [-0.2, 0) is 17.8 Å². The maximum absolute atomic E-state index is 12.4. The lowest BCUT2D eigenvalue weighted by molar-refractivity contribution is -0.116. The summed E-state index contributed by atoms with van der Waals surface area (Å²) in [5.74, 6) is -0.176. The van der Waals surface area contributed by atoms with Gasteiger partial charge >= 0.3 is 0 Å². The van der Waals surface area contributed by atoms with E-state index >= 15 is 0 Å². The second kappa shape index (κ2) is 8.39. The molecule has 0 aliphatic carbocycles. The summed E-state index contributed by atoms with van der Waals surface area (Å²) in [6.07, 6.45) is 0.298. The van der Waals surface area contributed by atoms with E-state index in [4.69, 9.17) is 35.4 Å². The number of H-pyrrole nitrogens is 1. The van der Waals surface area contributed by atoms with Gasteiger partial charge in [0.15, 0.2) is 0 Å². The molecule has 2 heterocycles. The van der Waals surface area contributed by atoms with E-state index in [-0.39, 0.29) is 34.3 Å². The normalized spacial score (nSPS) is 11.0. The summed E-state index contributed by atoms with van der Waals surface area (Å²) in [5.41, 5.74) is 1.36. The van der Waals surface area contributed by atoms with Crippen LogP contribution in [0.3, 0.4) is 0 Å². The number of benzene rings is 2. The molecule has 152 valence electrons. The third-order valence-corrected chi connectivity index (χ3v) is 5.12. The number of aromatic amines is 1. The van der Waals surface area contributed by atoms with Crippen LogP contribution in [0.1, 0.15) is 11.3 Å². The van der Waals surface area contributed by atoms with Crippen molar-refractivity contribution in [3.63, 3.8) is 0 Å². The number of hydrogen-bond donors (Lipinski definition) is 2. The van der Waals surface area contributed by atoms with Gasteiger partial charge in [-0.25, -0.2) is 4.68 Å². The van der Waals surface area contributed by atoms with Crippen molar-refractivity contribution in [2.75, 3.05) is 5.32 Å². The van der Waals surface area contributed by atoms with Crippen LogP contribution in [0.5, 0.6) is 0 Å². The smallest absolute Gasteiger partial charge is 0.274 e. The Kier molecular flexibility index (Phi) is 5.67. The minimum absolute atomic E-state index is 0.140. The molecule has 2 aromatic carbocycles. The zero-order valence-electron chi connectivity index (χ0n) is 15.3. The molecule has 4 aromatic rings. The molecule has 0 fully saturated rings. The van der Waals surface area contributed by atoms with Crippen molar-refractivity contribution in [1.82, 2.24) is 24.4 Å². The predicted octanol–water partition coefficient (Wildman–Crippen LogP) is 3.48. The Labute approximate surface area is 185 Å². The zero-order chi connectivity index (χ0) is 21.3. The van der Waals surface area contributed by atoms with Gasteiger partial charge in [-0.2, -0.15) is 9.61 Å². The second-order valence-electron chi connectivity index (χ2n) is 6.43. The number of nitrogens with zero attached hydrogens (tertiary/aromatic N) is 4. The minimum atomic E-state index is -0.379. The number of anilines is 1. The van der Waals surface area contributed by atoms with Crippen LogP contribution in [-0.4, -0.2) is 30.3 Å². The van der Waals surface area contributed by atoms with Crippen molar-refractivity contribution in [3.05, 3.63) is 85.0 Å². The van der Waals surface area contributed by atoms with Crippen LogP contribution in [0.4, 0.5) is 5.69 Å². The molecule has 30 heavy (non-hydrogen) atoms. The second-order valence-corrected chi connectivity index (χ2v) is 7.67. The molecule has 2 aromatic heterocycles. The number of carbonyl (C=O) groups excluding carboxylic acids is 1. The summed E-state index contributed by atoms with van der Waals surface area (Å²) in [6.45, 7) is -0.140. The molecule has 0 aliphatic rings. The molecule has 0 radical (unpaired) electrons. The van der Waals surface area contributed by atoms with Gasteiger partial charge in [-0.1, -0.05) is 35.3 Å². The van der Waals surface area contributed by atoms with Crippen LogP contribution in [0, 0.1) is 4.77 Å². The molecule has 0 atom stereocenters. The van der Waals surface area contributed by atoms with E-state index in [2.05, 4.69) is 20.5 Å². The van der Waals surface area contributed by atoms with Gasteiger partial charge in [0.05, 0.1) is 0 Å². The van der Waals surface area contributed by atoms with E-state index < -0.39 is 0 Å². The van der Waals surface area contributed by atoms with Gasteiger partial charge in [-0.05, 0) is 54.2 Å². The molecule has 0 bridgehead atoms. The molecule has 1 amide bonds. The lowest BCUT2D eigenvalue weighted by atomic mass is 10.1. The maximum Gasteiger partial charge on any atom is 0.274 e. The van der Waals surface area contributed by atoms with Gasteiger partial charge in [0.1, 0.15) is 12.2 Å². The third-order valence-electron chi connectivity index (χ3n) is 4.23. The molecule has 0 spiro atoms. The molecule has 2 N–H and O–H groups in total. The zero-order valence-corrected chi connectivity index (χ0v) is 17.6. The topological polar surface area (TPSA) is 97.1 Å². The summed E-state index contributed by atoms with van der Waals surface area (Å²) >= 11 is 17.1. The number of nitrogens with one attached hydrogen (secondary N) is 2. The van der Waals surface area contributed by atoms with E-state index in [9.17, 15) is 9.59 Å². The van der Waals surface area contributed by atoms with E-state index in [0.29, 0.717) is 22.2 Å². The van der Waals surface area contributed by atoms with Gasteiger partial charge in [0.2, 0.25) is 10.7 Å². The highest BCUT2D eigenvalue weighted by Gasteiger charge is 2.13. The van der Waals surface area contributed by atoms with Crippen LogP contribution in [0.2, 0.25) is 10.0 Å². The summed E-state index contributed by atoms with van der Waals surface area (Å²) in [7, 11) is 0. The van der Waals surface area contributed by atoms with Crippen molar-refractivity contribution in [2.24, 2.45) is 0 Å². The fourth-order valence-corrected chi connectivity index (χ4v) is 3.28.